The van der Waals surface area contributed by atoms with Crippen LogP contribution < -0.4 is 30.5 Å². The van der Waals surface area contributed by atoms with Crippen LogP contribution in [0.5, 0.6) is 5.75 Å². The Balaban J connectivity index is 0.706. The molecule has 2 aliphatic rings. The summed E-state index contributed by atoms with van der Waals surface area (Å²) in [6.07, 6.45) is 6.77. The second-order valence-electron chi connectivity index (χ2n) is 20.7. The molecule has 2 saturated heterocycles. The lowest BCUT2D eigenvalue weighted by Gasteiger charge is -2.36. The molecule has 76 heavy (non-hydrogen) atoms. The Bertz CT molecular complexity index is 2860. The van der Waals surface area contributed by atoms with Gasteiger partial charge >= 0.3 is 0 Å². The first-order valence-electron chi connectivity index (χ1n) is 26.4. The summed E-state index contributed by atoms with van der Waals surface area (Å²) in [7, 11) is 0. The number of fused-ring (bicyclic) bond motifs is 1. The molecule has 3 unspecified atom stereocenters. The quantitative estimate of drug-likeness (QED) is 0.0371. The van der Waals surface area contributed by atoms with Crippen LogP contribution in [0.15, 0.2) is 90.7 Å². The number of anilines is 2. The molecular formula is C57H73N9O8S2. The number of aliphatic hydroxyl groups is 1. The highest BCUT2D eigenvalue weighted by Crippen LogP contribution is 2.31. The molecule has 0 aliphatic carbocycles. The van der Waals surface area contributed by atoms with Gasteiger partial charge in [-0.1, -0.05) is 94.3 Å². The van der Waals surface area contributed by atoms with Crippen LogP contribution in [0.4, 0.5) is 10.8 Å². The Labute approximate surface area is 453 Å². The number of rotatable bonds is 24. The number of piperazine rings is 1. The summed E-state index contributed by atoms with van der Waals surface area (Å²) in [4.78, 5) is 74.4. The number of thiazole rings is 2. The molecule has 0 bridgehead atoms. The molecule has 5 atom stereocenters. The number of hydrogen-bond acceptors (Lipinski definition) is 14. The summed E-state index contributed by atoms with van der Waals surface area (Å²) < 4.78 is 17.2. The number of amides is 4. The van der Waals surface area contributed by atoms with E-state index >= 15 is 0 Å². The van der Waals surface area contributed by atoms with E-state index in [0.717, 1.165) is 95.6 Å². The number of benzene rings is 3. The van der Waals surface area contributed by atoms with Crippen molar-refractivity contribution in [3.8, 4) is 16.2 Å². The fourth-order valence-electron chi connectivity index (χ4n) is 9.74. The average Bonchev–Trinajstić information content (AvgIpc) is 4.25. The van der Waals surface area contributed by atoms with Crippen molar-refractivity contribution in [1.29, 1.82) is 0 Å². The Morgan fingerprint density at radius 3 is 2.33 bits per heavy atom. The number of nitrogens with zero attached hydrogens (tertiary/aromatic N) is 5. The number of carbonyl (C=O) groups is 4. The van der Waals surface area contributed by atoms with E-state index in [2.05, 4.69) is 84.2 Å². The van der Waals surface area contributed by atoms with Crippen LogP contribution in [0, 0.1) is 12.3 Å². The molecule has 5 heterocycles. The molecule has 2 aliphatic heterocycles. The Morgan fingerprint density at radius 2 is 1.61 bits per heavy atom. The van der Waals surface area contributed by atoms with Gasteiger partial charge in [0, 0.05) is 68.0 Å². The summed E-state index contributed by atoms with van der Waals surface area (Å²) in [5.41, 5.74) is 7.44. The predicted octanol–water partition coefficient (Wildman–Crippen LogP) is 7.70. The van der Waals surface area contributed by atoms with Crippen molar-refractivity contribution in [3.63, 3.8) is 0 Å². The zero-order chi connectivity index (χ0) is 53.8. The van der Waals surface area contributed by atoms with Crippen molar-refractivity contribution < 1.29 is 38.5 Å². The maximum Gasteiger partial charge on any atom is 0.263 e. The minimum Gasteiger partial charge on any atom is -0.491 e. The fraction of sp³-hybridized carbons (Fsp3) is 0.474. The molecule has 0 spiro atoms. The maximum atomic E-state index is 14.1. The van der Waals surface area contributed by atoms with Crippen molar-refractivity contribution in [1.82, 2.24) is 35.8 Å². The number of aromatic nitrogens is 3. The highest BCUT2D eigenvalue weighted by atomic mass is 32.1. The Hall–Kier alpha value is -6.38. The minimum absolute atomic E-state index is 0.0208. The number of carbonyl (C=O) groups excluding carboxylic acids is 4. The van der Waals surface area contributed by atoms with Gasteiger partial charge in [-0.05, 0) is 79.1 Å². The first-order valence-corrected chi connectivity index (χ1v) is 28.1. The zero-order valence-corrected chi connectivity index (χ0v) is 46.1. The highest BCUT2D eigenvalue weighted by Gasteiger charge is 2.45. The Kier molecular flexibility index (Phi) is 19.2. The summed E-state index contributed by atoms with van der Waals surface area (Å²) >= 11 is 3.02. The third-order valence-electron chi connectivity index (χ3n) is 14.0. The van der Waals surface area contributed by atoms with Crippen LogP contribution in [-0.2, 0) is 30.3 Å². The lowest BCUT2D eigenvalue weighted by Crippen LogP contribution is -2.58. The molecule has 406 valence electrons. The van der Waals surface area contributed by atoms with Crippen molar-refractivity contribution in [3.05, 3.63) is 112 Å². The van der Waals surface area contributed by atoms with E-state index in [9.17, 15) is 24.3 Å². The van der Waals surface area contributed by atoms with Gasteiger partial charge in [0.05, 0.1) is 54.2 Å². The normalized spacial score (nSPS) is 17.1. The van der Waals surface area contributed by atoms with E-state index in [1.807, 2.05) is 82.6 Å². The third-order valence-corrected chi connectivity index (χ3v) is 16.0. The van der Waals surface area contributed by atoms with Crippen LogP contribution in [0.2, 0.25) is 0 Å². The summed E-state index contributed by atoms with van der Waals surface area (Å²) in [6, 6.07) is 22.0. The van der Waals surface area contributed by atoms with Crippen molar-refractivity contribution >= 4 is 68.0 Å². The van der Waals surface area contributed by atoms with Crippen LogP contribution in [-0.4, -0.2) is 139 Å². The van der Waals surface area contributed by atoms with E-state index in [-0.39, 0.29) is 56.7 Å². The standard InChI is InChI=1S/C57H73N9O8S2/c1-7-8-11-42(30-41-32-58-47-13-10-9-12-46(41)47)62-54(70)49-33-59-56(76-49)65-24-22-64(23-25-65)43-18-20-45(21-19-43)74-29-28-72-26-27-73-35-50(68)63-52(57(4,5)6)55(71)66-34-44(67)31-48(66)53(69)61-37(2)39-14-16-40(17-15-39)51-38(3)60-36-75-51/h9-10,12-21,32-33,36-37,42,44,48,52,58,67H,7-8,11,22-31,34-35H2,1-6H3,(H,61,69)(H,62,70)(H,63,68)/t37?,42?,44-,48+,52?/m1/s1. The second-order valence-corrected chi connectivity index (χ2v) is 22.6. The van der Waals surface area contributed by atoms with Gasteiger partial charge in [-0.15, -0.1) is 11.3 Å². The number of aromatic amines is 1. The number of aryl methyl sites for hydroxylation is 1. The summed E-state index contributed by atoms with van der Waals surface area (Å²) in [5, 5.41) is 21.9. The number of likely N-dealkylation sites (tertiary alicyclic amines) is 1. The van der Waals surface area contributed by atoms with Gasteiger partial charge in [0.2, 0.25) is 17.7 Å². The first kappa shape index (κ1) is 55.8. The van der Waals surface area contributed by atoms with Gasteiger partial charge in [-0.2, -0.15) is 0 Å². The van der Waals surface area contributed by atoms with E-state index in [1.54, 1.807) is 17.5 Å². The van der Waals surface area contributed by atoms with Gasteiger partial charge in [-0.25, -0.2) is 9.97 Å². The number of H-pyrrole nitrogens is 1. The fourth-order valence-corrected chi connectivity index (χ4v) is 11.4. The van der Waals surface area contributed by atoms with E-state index in [1.165, 1.54) is 27.2 Å². The van der Waals surface area contributed by atoms with Crippen molar-refractivity contribution in [2.75, 3.05) is 75.6 Å². The molecule has 4 amide bonds. The Morgan fingerprint density at radius 1 is 0.882 bits per heavy atom. The van der Waals surface area contributed by atoms with E-state index in [4.69, 9.17) is 14.2 Å². The number of aliphatic hydroxyl groups excluding tert-OH is 1. The molecule has 5 N–H and O–H groups in total. The van der Waals surface area contributed by atoms with Crippen LogP contribution in [0.3, 0.4) is 0 Å². The number of β-amino-alcohol motifs (C(OH)–C–C–N with tert-alkyl or cyclic N) is 1. The lowest BCUT2D eigenvalue weighted by molar-refractivity contribution is -0.144. The third kappa shape index (κ3) is 14.5. The largest absolute Gasteiger partial charge is 0.491 e. The zero-order valence-electron chi connectivity index (χ0n) is 44.5. The molecule has 8 rings (SSSR count). The smallest absolute Gasteiger partial charge is 0.263 e. The molecular weight excluding hydrogens is 1000 g/mol. The number of para-hydroxylation sites is 1. The van der Waals surface area contributed by atoms with Crippen LogP contribution in [0.25, 0.3) is 21.3 Å². The van der Waals surface area contributed by atoms with Gasteiger partial charge in [0.15, 0.2) is 5.13 Å². The SMILES string of the molecule is CCCCC(Cc1c[nH]c2ccccc12)NC(=O)c1cnc(N2CCN(c3ccc(OCCOCCOCC(=O)NC(C(=O)N4C[C@H](O)C[C@H]4C(=O)NC(C)c4ccc(-c5scnc5C)cc4)C(C)(C)C)cc3)CC2)s1. The predicted molar refractivity (Wildman–Crippen MR) is 299 cm³/mol. The van der Waals surface area contributed by atoms with Crippen LogP contribution in [0.1, 0.15) is 92.8 Å². The van der Waals surface area contributed by atoms with Crippen molar-refractivity contribution in [2.24, 2.45) is 5.41 Å². The molecule has 3 aromatic carbocycles. The van der Waals surface area contributed by atoms with Gasteiger partial charge in [0.25, 0.3) is 5.91 Å². The summed E-state index contributed by atoms with van der Waals surface area (Å²) in [6.45, 7) is 15.5. The minimum atomic E-state index is -0.973. The van der Waals surface area contributed by atoms with Crippen LogP contribution >= 0.6 is 22.7 Å². The molecule has 3 aromatic heterocycles. The van der Waals surface area contributed by atoms with Gasteiger partial charge < -0.3 is 55.0 Å². The number of nitrogens with one attached hydrogen (secondary N) is 4. The number of hydrogen-bond donors (Lipinski definition) is 5. The van der Waals surface area contributed by atoms with E-state index in [0.29, 0.717) is 18.1 Å². The molecule has 0 saturated carbocycles. The highest BCUT2D eigenvalue weighted by molar-refractivity contribution is 7.17. The van der Waals surface area contributed by atoms with Gasteiger partial charge in [-0.3, -0.25) is 19.2 Å². The molecule has 0 radical (unpaired) electrons. The monoisotopic (exact) mass is 1080 g/mol. The number of ether oxygens (including phenoxy) is 3. The lowest BCUT2D eigenvalue weighted by atomic mass is 9.85. The summed E-state index contributed by atoms with van der Waals surface area (Å²) in [5.74, 6) is -0.640. The molecule has 19 heteroatoms. The first-order chi connectivity index (χ1) is 36.6. The molecule has 6 aromatic rings. The van der Waals surface area contributed by atoms with Crippen molar-refractivity contribution in [2.45, 2.75) is 104 Å². The average molecular weight is 1080 g/mol. The van der Waals surface area contributed by atoms with E-state index < -0.39 is 35.4 Å². The second kappa shape index (κ2) is 26.1. The topological polar surface area (TPSA) is 204 Å². The molecule has 2 fully saturated rings. The molecule has 17 nitrogen and oxygen atoms in total. The van der Waals surface area contributed by atoms with Gasteiger partial charge in [0.1, 0.15) is 35.9 Å². The number of unbranched alkanes of at least 4 members (excludes halogenated alkanes) is 1. The maximum absolute atomic E-state index is 14.1.